The van der Waals surface area contributed by atoms with Crippen LogP contribution in [0.4, 0.5) is 0 Å². The molecule has 2 aliphatic rings. The molecule has 1 aliphatic carbocycles. The molecule has 0 bridgehead atoms. The second-order valence-electron chi connectivity index (χ2n) is 9.69. The fourth-order valence-electron chi connectivity index (χ4n) is 4.99. The standard InChI is InChI=1S/C25H41N5O/c1-20-11-15-30(16-12-20)18-22-10-6-5-9-21(22)17-27-24(26-2)28-19-25(13-7-8-14-25)23(31)29(3)4/h5-6,9-10,20H,7-8,11-19H2,1-4H3,(H2,26,27,28). The Kier molecular flexibility index (Phi) is 8.35. The van der Waals surface area contributed by atoms with Crippen molar-refractivity contribution >= 4 is 11.9 Å². The van der Waals surface area contributed by atoms with Crippen molar-refractivity contribution < 1.29 is 4.79 Å². The van der Waals surface area contributed by atoms with Crippen LogP contribution in [-0.2, 0) is 17.9 Å². The maximum absolute atomic E-state index is 12.8. The van der Waals surface area contributed by atoms with Gasteiger partial charge >= 0.3 is 0 Å². The molecule has 1 heterocycles. The minimum atomic E-state index is -0.301. The van der Waals surface area contributed by atoms with E-state index in [0.29, 0.717) is 6.54 Å². The van der Waals surface area contributed by atoms with Gasteiger partial charge in [-0.15, -0.1) is 0 Å². The Bertz CT molecular complexity index is 746. The first-order chi connectivity index (χ1) is 14.9. The number of nitrogens with zero attached hydrogens (tertiary/aromatic N) is 3. The van der Waals surface area contributed by atoms with E-state index in [1.165, 1.54) is 37.1 Å². The molecule has 0 atom stereocenters. The lowest BCUT2D eigenvalue weighted by Crippen LogP contribution is -2.49. The highest BCUT2D eigenvalue weighted by atomic mass is 16.2. The van der Waals surface area contributed by atoms with Crippen molar-refractivity contribution in [1.29, 1.82) is 0 Å². The second-order valence-corrected chi connectivity index (χ2v) is 9.69. The summed E-state index contributed by atoms with van der Waals surface area (Å²) in [5.74, 6) is 1.85. The molecule has 0 spiro atoms. The molecular formula is C25H41N5O. The van der Waals surface area contributed by atoms with Crippen molar-refractivity contribution in [3.8, 4) is 0 Å². The zero-order valence-electron chi connectivity index (χ0n) is 19.9. The maximum Gasteiger partial charge on any atom is 0.230 e. The number of benzene rings is 1. The van der Waals surface area contributed by atoms with Gasteiger partial charge in [0, 0.05) is 40.8 Å². The third-order valence-electron chi connectivity index (χ3n) is 7.07. The Labute approximate surface area is 188 Å². The molecule has 1 aliphatic heterocycles. The number of aliphatic imine (C=N–C) groups is 1. The van der Waals surface area contributed by atoms with Crippen LogP contribution in [0.5, 0.6) is 0 Å². The Morgan fingerprint density at radius 1 is 1.13 bits per heavy atom. The number of carbonyl (C=O) groups is 1. The van der Waals surface area contributed by atoms with E-state index in [1.807, 2.05) is 14.1 Å². The Balaban J connectivity index is 1.57. The van der Waals surface area contributed by atoms with Gasteiger partial charge in [-0.25, -0.2) is 0 Å². The van der Waals surface area contributed by atoms with Crippen molar-refractivity contribution in [2.75, 3.05) is 40.8 Å². The van der Waals surface area contributed by atoms with Gasteiger partial charge in [0.05, 0.1) is 5.41 Å². The molecule has 2 N–H and O–H groups in total. The molecule has 1 amide bonds. The molecule has 6 heteroatoms. The fourth-order valence-corrected chi connectivity index (χ4v) is 4.99. The number of hydrogen-bond acceptors (Lipinski definition) is 3. The van der Waals surface area contributed by atoms with Gasteiger partial charge in [-0.05, 0) is 55.8 Å². The molecule has 1 aromatic carbocycles. The van der Waals surface area contributed by atoms with E-state index in [1.54, 1.807) is 11.9 Å². The van der Waals surface area contributed by atoms with Crippen LogP contribution in [-0.4, -0.2) is 62.4 Å². The highest BCUT2D eigenvalue weighted by molar-refractivity contribution is 5.85. The largest absolute Gasteiger partial charge is 0.355 e. The second kappa shape index (κ2) is 11.0. The Morgan fingerprint density at radius 2 is 1.77 bits per heavy atom. The van der Waals surface area contributed by atoms with E-state index in [9.17, 15) is 4.79 Å². The molecule has 6 nitrogen and oxygen atoms in total. The number of likely N-dealkylation sites (tertiary alicyclic amines) is 1. The molecule has 0 radical (unpaired) electrons. The van der Waals surface area contributed by atoms with E-state index < -0.39 is 0 Å². The normalized spacial score (nSPS) is 19.9. The smallest absolute Gasteiger partial charge is 0.230 e. The minimum absolute atomic E-state index is 0.231. The maximum atomic E-state index is 12.8. The first-order valence-electron chi connectivity index (χ1n) is 11.9. The van der Waals surface area contributed by atoms with Crippen molar-refractivity contribution in [1.82, 2.24) is 20.4 Å². The summed E-state index contributed by atoms with van der Waals surface area (Å²) in [4.78, 5) is 21.5. The van der Waals surface area contributed by atoms with Crippen LogP contribution in [0, 0.1) is 11.3 Å². The summed E-state index contributed by atoms with van der Waals surface area (Å²) >= 11 is 0. The predicted molar refractivity (Wildman–Crippen MR) is 128 cm³/mol. The monoisotopic (exact) mass is 427 g/mol. The van der Waals surface area contributed by atoms with Crippen molar-refractivity contribution in [2.24, 2.45) is 16.3 Å². The molecule has 0 aromatic heterocycles. The van der Waals surface area contributed by atoms with E-state index in [2.05, 4.69) is 51.7 Å². The molecule has 3 rings (SSSR count). The average molecular weight is 428 g/mol. The number of rotatable bonds is 7. The van der Waals surface area contributed by atoms with E-state index in [4.69, 9.17) is 0 Å². The van der Waals surface area contributed by atoms with E-state index >= 15 is 0 Å². The summed E-state index contributed by atoms with van der Waals surface area (Å²) < 4.78 is 0. The van der Waals surface area contributed by atoms with Gasteiger partial charge in [0.1, 0.15) is 0 Å². The molecule has 1 aromatic rings. The zero-order chi connectivity index (χ0) is 22.3. The molecular weight excluding hydrogens is 386 g/mol. The first kappa shape index (κ1) is 23.6. The van der Waals surface area contributed by atoms with Crippen molar-refractivity contribution in [3.63, 3.8) is 0 Å². The van der Waals surface area contributed by atoms with Crippen LogP contribution in [0.25, 0.3) is 0 Å². The first-order valence-corrected chi connectivity index (χ1v) is 11.9. The SMILES string of the molecule is CN=C(NCc1ccccc1CN1CCC(C)CC1)NCC1(C(=O)N(C)C)CCCC1. The van der Waals surface area contributed by atoms with Crippen LogP contribution in [0.1, 0.15) is 56.6 Å². The lowest BCUT2D eigenvalue weighted by atomic mass is 9.84. The van der Waals surface area contributed by atoms with Gasteiger partial charge in [0.2, 0.25) is 5.91 Å². The quantitative estimate of drug-likeness (QED) is 0.518. The zero-order valence-corrected chi connectivity index (χ0v) is 19.9. The van der Waals surface area contributed by atoms with Gasteiger partial charge in [-0.2, -0.15) is 0 Å². The van der Waals surface area contributed by atoms with E-state index in [0.717, 1.165) is 50.7 Å². The van der Waals surface area contributed by atoms with Crippen molar-refractivity contribution in [2.45, 2.75) is 58.5 Å². The summed E-state index contributed by atoms with van der Waals surface area (Å²) in [6.45, 7) is 7.11. The number of guanidine groups is 1. The summed E-state index contributed by atoms with van der Waals surface area (Å²) in [6, 6.07) is 8.69. The third-order valence-corrected chi connectivity index (χ3v) is 7.07. The Hall–Kier alpha value is -2.08. The summed E-state index contributed by atoms with van der Waals surface area (Å²) in [6.07, 6.45) is 6.73. The summed E-state index contributed by atoms with van der Waals surface area (Å²) in [5, 5.41) is 6.92. The van der Waals surface area contributed by atoms with Gasteiger partial charge in [-0.3, -0.25) is 14.7 Å². The molecule has 172 valence electrons. The van der Waals surface area contributed by atoms with Crippen LogP contribution in [0.15, 0.2) is 29.3 Å². The number of hydrogen-bond donors (Lipinski definition) is 2. The van der Waals surface area contributed by atoms with E-state index in [-0.39, 0.29) is 11.3 Å². The van der Waals surface area contributed by atoms with Crippen LogP contribution in [0.2, 0.25) is 0 Å². The fraction of sp³-hybridized carbons (Fsp3) is 0.680. The number of amides is 1. The van der Waals surface area contributed by atoms with Crippen molar-refractivity contribution in [3.05, 3.63) is 35.4 Å². The predicted octanol–water partition coefficient (Wildman–Crippen LogP) is 3.23. The Morgan fingerprint density at radius 3 is 2.39 bits per heavy atom. The molecule has 1 saturated carbocycles. The summed E-state index contributed by atoms with van der Waals surface area (Å²) in [5.41, 5.74) is 2.39. The van der Waals surface area contributed by atoms with Gasteiger partial charge < -0.3 is 15.5 Å². The summed E-state index contributed by atoms with van der Waals surface area (Å²) in [7, 11) is 5.51. The van der Waals surface area contributed by atoms with Gasteiger partial charge in [-0.1, -0.05) is 44.0 Å². The third kappa shape index (κ3) is 6.22. The van der Waals surface area contributed by atoms with Gasteiger partial charge in [0.15, 0.2) is 5.96 Å². The molecule has 1 saturated heterocycles. The molecule has 2 fully saturated rings. The van der Waals surface area contributed by atoms with Crippen LogP contribution in [0.3, 0.4) is 0 Å². The molecule has 31 heavy (non-hydrogen) atoms. The lowest BCUT2D eigenvalue weighted by Gasteiger charge is -2.31. The van der Waals surface area contributed by atoms with Crippen LogP contribution >= 0.6 is 0 Å². The molecule has 0 unspecified atom stereocenters. The number of piperidine rings is 1. The van der Waals surface area contributed by atoms with Gasteiger partial charge in [0.25, 0.3) is 0 Å². The highest BCUT2D eigenvalue weighted by Gasteiger charge is 2.42. The topological polar surface area (TPSA) is 60.0 Å². The minimum Gasteiger partial charge on any atom is -0.355 e. The lowest BCUT2D eigenvalue weighted by molar-refractivity contribution is -0.138. The van der Waals surface area contributed by atoms with Crippen LogP contribution < -0.4 is 10.6 Å². The number of carbonyl (C=O) groups excluding carboxylic acids is 1. The number of nitrogens with one attached hydrogen (secondary N) is 2. The average Bonchev–Trinajstić information content (AvgIpc) is 3.26. The highest BCUT2D eigenvalue weighted by Crippen LogP contribution is 2.38.